The summed E-state index contributed by atoms with van der Waals surface area (Å²) in [6, 6.07) is 4.51. The fraction of sp³-hybridized carbons (Fsp3) is 0.800. The lowest BCUT2D eigenvalue weighted by atomic mass is 9.68. The van der Waals surface area contributed by atoms with E-state index < -0.39 is 36.6 Å². The Morgan fingerprint density at radius 3 is 0.976 bits per heavy atom. The fourth-order valence-electron chi connectivity index (χ4n) is 5.56. The van der Waals surface area contributed by atoms with Crippen LogP contribution >= 0.6 is 46.4 Å². The number of alkyl halides is 4. The predicted molar refractivity (Wildman–Crippen MR) is 180 cm³/mol. The molecule has 0 aromatic heterocycles. The summed E-state index contributed by atoms with van der Waals surface area (Å²) in [7, 11) is 3.35. The van der Waals surface area contributed by atoms with E-state index in [1.165, 1.54) is 0 Å². The summed E-state index contributed by atoms with van der Waals surface area (Å²) >= 11 is 25.3. The van der Waals surface area contributed by atoms with E-state index in [0.29, 0.717) is 45.6 Å². The smallest absolute Gasteiger partial charge is 0.399 e. The first-order valence-corrected chi connectivity index (χ1v) is 17.2. The molecule has 2 aliphatic heterocycles. The van der Waals surface area contributed by atoms with E-state index in [-0.39, 0.29) is 0 Å². The minimum atomic E-state index is -0.531. The predicted octanol–water partition coefficient (Wildman–Crippen LogP) is 5.13. The molecular weight excluding hydrogens is 616 g/mol. The lowest BCUT2D eigenvalue weighted by molar-refractivity contribution is -0.918. The van der Waals surface area contributed by atoms with Crippen molar-refractivity contribution in [3.63, 3.8) is 0 Å². The standard InChI is InChI=1S/C30H52B2Cl4N2O4/c1-27(2)28(3,4)40-31(39-27)25-19-24(22-38(10,17-13-35)18-14-36)26(32-41-29(5,6)30(7,8)42-32)20-23(25)21-37(9,15-11-33)16-12-34/h19-20H,11-18,21-22H2,1-10H3/q+2. The van der Waals surface area contributed by atoms with Gasteiger partial charge in [0.15, 0.2) is 0 Å². The van der Waals surface area contributed by atoms with Crippen molar-refractivity contribution >= 4 is 71.6 Å². The molecule has 3 rings (SSSR count). The van der Waals surface area contributed by atoms with Crippen LogP contribution < -0.4 is 10.9 Å². The average molecular weight is 668 g/mol. The first kappa shape index (κ1) is 36.7. The van der Waals surface area contributed by atoms with Gasteiger partial charge in [-0.3, -0.25) is 0 Å². The number of benzene rings is 1. The molecule has 1 aromatic carbocycles. The Hall–Kier alpha value is 0.270. The van der Waals surface area contributed by atoms with Gasteiger partial charge in [-0.15, -0.1) is 46.4 Å². The molecule has 2 saturated heterocycles. The van der Waals surface area contributed by atoms with Crippen molar-refractivity contribution in [3.8, 4) is 0 Å². The molecule has 0 atom stereocenters. The SMILES string of the molecule is CC1(C)OB(c2cc(C[N+](C)(CCCl)CCCl)c(B3OC(C)(C)C(C)(C)O3)cc2C[N+](C)(CCCl)CCCl)OC1(C)C. The van der Waals surface area contributed by atoms with Crippen molar-refractivity contribution in [1.82, 2.24) is 0 Å². The molecule has 0 aliphatic carbocycles. The fourth-order valence-corrected chi connectivity index (χ4v) is 7.19. The van der Waals surface area contributed by atoms with Crippen LogP contribution in [0.1, 0.15) is 66.5 Å². The molecule has 0 spiro atoms. The zero-order chi connectivity index (χ0) is 31.8. The molecule has 2 heterocycles. The van der Waals surface area contributed by atoms with E-state index in [1.807, 2.05) is 0 Å². The van der Waals surface area contributed by atoms with Crippen molar-refractivity contribution in [2.75, 3.05) is 63.8 Å². The van der Waals surface area contributed by atoms with Crippen LogP contribution in [0.5, 0.6) is 0 Å². The van der Waals surface area contributed by atoms with Gasteiger partial charge in [-0.05, 0) is 66.3 Å². The van der Waals surface area contributed by atoms with E-state index in [4.69, 9.17) is 65.0 Å². The van der Waals surface area contributed by atoms with Crippen LogP contribution in [-0.4, -0.2) is 109 Å². The molecule has 0 bridgehead atoms. The summed E-state index contributed by atoms with van der Waals surface area (Å²) in [6.07, 6.45) is 0. The number of hydrogen-bond donors (Lipinski definition) is 0. The summed E-state index contributed by atoms with van der Waals surface area (Å²) < 4.78 is 28.0. The molecule has 0 N–H and O–H groups in total. The van der Waals surface area contributed by atoms with Crippen LogP contribution in [0.4, 0.5) is 0 Å². The average Bonchev–Trinajstić information content (AvgIpc) is 3.19. The molecule has 2 fully saturated rings. The van der Waals surface area contributed by atoms with E-state index in [9.17, 15) is 0 Å². The summed E-state index contributed by atoms with van der Waals surface area (Å²) in [5, 5.41) is 0. The first-order chi connectivity index (χ1) is 19.3. The number of halogens is 4. The Bertz CT molecular complexity index is 962. The van der Waals surface area contributed by atoms with Gasteiger partial charge in [-0.1, -0.05) is 12.1 Å². The Balaban J connectivity index is 2.26. The van der Waals surface area contributed by atoms with Crippen LogP contribution in [0.25, 0.3) is 0 Å². The van der Waals surface area contributed by atoms with Crippen LogP contribution in [0.3, 0.4) is 0 Å². The number of quaternary nitrogens is 2. The topological polar surface area (TPSA) is 36.9 Å². The lowest BCUT2D eigenvalue weighted by Gasteiger charge is -2.36. The lowest BCUT2D eigenvalue weighted by Crippen LogP contribution is -2.52. The maximum absolute atomic E-state index is 6.65. The molecule has 0 saturated carbocycles. The number of nitrogens with zero attached hydrogens (tertiary/aromatic N) is 2. The molecule has 0 radical (unpaired) electrons. The first-order valence-electron chi connectivity index (χ1n) is 15.1. The monoisotopic (exact) mass is 666 g/mol. The van der Waals surface area contributed by atoms with Gasteiger partial charge in [-0.2, -0.15) is 0 Å². The Morgan fingerprint density at radius 2 is 0.762 bits per heavy atom. The maximum atomic E-state index is 6.65. The normalized spacial score (nSPS) is 21.4. The van der Waals surface area contributed by atoms with Gasteiger partial charge in [-0.25, -0.2) is 0 Å². The minimum Gasteiger partial charge on any atom is -0.399 e. The summed E-state index contributed by atoms with van der Waals surface area (Å²) in [4.78, 5) is 0. The van der Waals surface area contributed by atoms with Gasteiger partial charge in [0.05, 0.1) is 86.2 Å². The zero-order valence-electron chi connectivity index (χ0n) is 27.4. The summed E-state index contributed by atoms with van der Waals surface area (Å²) in [5.41, 5.74) is 2.34. The highest BCUT2D eigenvalue weighted by Crippen LogP contribution is 2.39. The van der Waals surface area contributed by atoms with E-state index in [0.717, 1.165) is 48.2 Å². The molecule has 42 heavy (non-hydrogen) atoms. The van der Waals surface area contributed by atoms with Gasteiger partial charge < -0.3 is 27.6 Å². The maximum Gasteiger partial charge on any atom is 0.495 e. The van der Waals surface area contributed by atoms with Crippen LogP contribution in [0.2, 0.25) is 0 Å². The minimum absolute atomic E-state index is 0.480. The van der Waals surface area contributed by atoms with Gasteiger partial charge >= 0.3 is 14.2 Å². The van der Waals surface area contributed by atoms with Crippen molar-refractivity contribution in [3.05, 3.63) is 23.3 Å². The third-order valence-corrected chi connectivity index (χ3v) is 10.7. The van der Waals surface area contributed by atoms with Crippen molar-refractivity contribution in [1.29, 1.82) is 0 Å². The molecule has 0 unspecified atom stereocenters. The molecule has 238 valence electrons. The van der Waals surface area contributed by atoms with Crippen LogP contribution in [0, 0.1) is 0 Å². The molecule has 6 nitrogen and oxygen atoms in total. The van der Waals surface area contributed by atoms with Crippen molar-refractivity contribution in [2.45, 2.75) is 90.9 Å². The quantitative estimate of drug-likeness (QED) is 0.157. The molecular formula is C30H52B2Cl4N2O4+2. The van der Waals surface area contributed by atoms with E-state index in [2.05, 4.69) is 81.6 Å². The van der Waals surface area contributed by atoms with Gasteiger partial charge in [0.1, 0.15) is 13.1 Å². The molecule has 0 amide bonds. The third kappa shape index (κ3) is 7.97. The highest BCUT2D eigenvalue weighted by atomic mass is 35.5. The van der Waals surface area contributed by atoms with E-state index in [1.54, 1.807) is 0 Å². The second-order valence-corrected chi connectivity index (χ2v) is 16.1. The second kappa shape index (κ2) is 13.6. The summed E-state index contributed by atoms with van der Waals surface area (Å²) in [5.74, 6) is 2.14. The molecule has 1 aromatic rings. The van der Waals surface area contributed by atoms with Crippen LogP contribution in [0.15, 0.2) is 12.1 Å². The van der Waals surface area contributed by atoms with Crippen molar-refractivity contribution in [2.24, 2.45) is 0 Å². The van der Waals surface area contributed by atoms with E-state index >= 15 is 0 Å². The Labute approximate surface area is 276 Å². The van der Waals surface area contributed by atoms with Gasteiger partial charge in [0, 0.05) is 11.1 Å². The molecule has 2 aliphatic rings. The second-order valence-electron chi connectivity index (χ2n) is 14.6. The van der Waals surface area contributed by atoms with Gasteiger partial charge in [0.2, 0.25) is 0 Å². The Kier molecular flexibility index (Phi) is 11.9. The van der Waals surface area contributed by atoms with Gasteiger partial charge in [0.25, 0.3) is 0 Å². The number of rotatable bonds is 14. The molecule has 12 heteroatoms. The highest BCUT2D eigenvalue weighted by Gasteiger charge is 2.55. The largest absolute Gasteiger partial charge is 0.495 e. The third-order valence-electron chi connectivity index (χ3n) is 10.0. The number of hydrogen-bond acceptors (Lipinski definition) is 4. The highest BCUT2D eigenvalue weighted by molar-refractivity contribution is 6.65. The summed E-state index contributed by atoms with van der Waals surface area (Å²) in [6.45, 7) is 21.2. The van der Waals surface area contributed by atoms with Crippen molar-refractivity contribution < 1.29 is 27.6 Å². The van der Waals surface area contributed by atoms with Crippen LogP contribution in [-0.2, 0) is 31.7 Å². The Morgan fingerprint density at radius 1 is 0.524 bits per heavy atom. The zero-order valence-corrected chi connectivity index (χ0v) is 30.4.